The standard InChI is InChI=1S/C12H21N3S/c1-9(13)12-10(2)14-11(16-12)5-8-15-6-3-4-7-15/h9H,3-8,13H2,1-2H3. The first-order valence-electron chi connectivity index (χ1n) is 6.11. The van der Waals surface area contributed by atoms with E-state index in [1.165, 1.54) is 35.8 Å². The number of hydrogen-bond donors (Lipinski definition) is 1. The summed E-state index contributed by atoms with van der Waals surface area (Å²) in [5, 5.41) is 1.25. The summed E-state index contributed by atoms with van der Waals surface area (Å²) in [6, 6.07) is 0.123. The van der Waals surface area contributed by atoms with E-state index in [1.54, 1.807) is 11.3 Å². The highest BCUT2D eigenvalue weighted by atomic mass is 32.1. The molecular formula is C12H21N3S. The average molecular weight is 239 g/mol. The molecule has 2 N–H and O–H groups in total. The molecule has 1 aromatic rings. The van der Waals surface area contributed by atoms with Crippen molar-refractivity contribution < 1.29 is 0 Å². The maximum Gasteiger partial charge on any atom is 0.0944 e. The third-order valence-electron chi connectivity index (χ3n) is 3.13. The number of rotatable bonds is 4. The van der Waals surface area contributed by atoms with Gasteiger partial charge in [-0.3, -0.25) is 0 Å². The van der Waals surface area contributed by atoms with Crippen molar-refractivity contribution in [3.63, 3.8) is 0 Å². The van der Waals surface area contributed by atoms with Gasteiger partial charge in [-0.1, -0.05) is 0 Å². The zero-order valence-corrected chi connectivity index (χ0v) is 11.0. The Morgan fingerprint density at radius 3 is 2.69 bits per heavy atom. The van der Waals surface area contributed by atoms with E-state index in [-0.39, 0.29) is 6.04 Å². The molecule has 90 valence electrons. The first-order valence-corrected chi connectivity index (χ1v) is 6.92. The van der Waals surface area contributed by atoms with Crippen LogP contribution in [0.3, 0.4) is 0 Å². The van der Waals surface area contributed by atoms with Crippen LogP contribution < -0.4 is 5.73 Å². The molecule has 0 aromatic carbocycles. The zero-order chi connectivity index (χ0) is 11.5. The molecule has 1 saturated heterocycles. The maximum absolute atomic E-state index is 5.91. The van der Waals surface area contributed by atoms with Gasteiger partial charge in [-0.15, -0.1) is 11.3 Å². The second kappa shape index (κ2) is 5.25. The molecule has 0 bridgehead atoms. The summed E-state index contributed by atoms with van der Waals surface area (Å²) < 4.78 is 0. The highest BCUT2D eigenvalue weighted by Gasteiger charge is 2.14. The molecule has 1 aliphatic heterocycles. The average Bonchev–Trinajstić information content (AvgIpc) is 2.83. The molecule has 0 aliphatic carbocycles. The van der Waals surface area contributed by atoms with Crippen LogP contribution in [0.2, 0.25) is 0 Å². The van der Waals surface area contributed by atoms with E-state index < -0.39 is 0 Å². The molecule has 1 fully saturated rings. The van der Waals surface area contributed by atoms with Crippen molar-refractivity contribution >= 4 is 11.3 Å². The van der Waals surface area contributed by atoms with E-state index in [0.29, 0.717) is 0 Å². The molecule has 2 heterocycles. The Labute approximate surface area is 102 Å². The summed E-state index contributed by atoms with van der Waals surface area (Å²) in [4.78, 5) is 8.38. The highest BCUT2D eigenvalue weighted by molar-refractivity contribution is 7.11. The van der Waals surface area contributed by atoms with Crippen LogP contribution in [0.5, 0.6) is 0 Å². The number of likely N-dealkylation sites (tertiary alicyclic amines) is 1. The fourth-order valence-corrected chi connectivity index (χ4v) is 3.26. The largest absolute Gasteiger partial charge is 0.323 e. The van der Waals surface area contributed by atoms with Crippen molar-refractivity contribution in [1.82, 2.24) is 9.88 Å². The monoisotopic (exact) mass is 239 g/mol. The number of nitrogens with zero attached hydrogens (tertiary/aromatic N) is 2. The maximum atomic E-state index is 5.91. The molecule has 4 heteroatoms. The van der Waals surface area contributed by atoms with E-state index in [0.717, 1.165) is 18.7 Å². The van der Waals surface area contributed by atoms with Gasteiger partial charge in [-0.25, -0.2) is 4.98 Å². The lowest BCUT2D eigenvalue weighted by atomic mass is 10.2. The normalized spacial score (nSPS) is 19.2. The first kappa shape index (κ1) is 12.0. The van der Waals surface area contributed by atoms with Crippen molar-refractivity contribution in [3.05, 3.63) is 15.6 Å². The highest BCUT2D eigenvalue weighted by Crippen LogP contribution is 2.24. The molecule has 0 spiro atoms. The lowest BCUT2D eigenvalue weighted by molar-refractivity contribution is 0.343. The van der Waals surface area contributed by atoms with Gasteiger partial charge in [-0.05, 0) is 39.8 Å². The van der Waals surface area contributed by atoms with Crippen LogP contribution in [0, 0.1) is 6.92 Å². The summed E-state index contributed by atoms with van der Waals surface area (Å²) in [6.07, 6.45) is 3.81. The minimum atomic E-state index is 0.123. The molecule has 16 heavy (non-hydrogen) atoms. The molecule has 1 aliphatic rings. The van der Waals surface area contributed by atoms with E-state index in [2.05, 4.69) is 16.8 Å². The molecule has 3 nitrogen and oxygen atoms in total. The van der Waals surface area contributed by atoms with Gasteiger partial charge in [0.2, 0.25) is 0 Å². The van der Waals surface area contributed by atoms with Crippen LogP contribution in [0.25, 0.3) is 0 Å². The third kappa shape index (κ3) is 2.81. The summed E-state index contributed by atoms with van der Waals surface area (Å²) >= 11 is 1.79. The van der Waals surface area contributed by atoms with E-state index in [1.807, 2.05) is 6.92 Å². The SMILES string of the molecule is Cc1nc(CCN2CCCC2)sc1C(C)N. The Morgan fingerprint density at radius 1 is 1.44 bits per heavy atom. The van der Waals surface area contributed by atoms with Gasteiger partial charge in [0.05, 0.1) is 10.7 Å². The smallest absolute Gasteiger partial charge is 0.0944 e. The Bertz CT molecular complexity index is 340. The van der Waals surface area contributed by atoms with Crippen LogP contribution in [0.4, 0.5) is 0 Å². The number of nitrogens with two attached hydrogens (primary N) is 1. The second-order valence-corrected chi connectivity index (χ2v) is 5.76. The lowest BCUT2D eigenvalue weighted by Crippen LogP contribution is -2.21. The number of hydrogen-bond acceptors (Lipinski definition) is 4. The Kier molecular flexibility index (Phi) is 3.95. The van der Waals surface area contributed by atoms with Crippen LogP contribution in [0.15, 0.2) is 0 Å². The topological polar surface area (TPSA) is 42.2 Å². The number of thiazole rings is 1. The number of aryl methyl sites for hydroxylation is 1. The van der Waals surface area contributed by atoms with Crippen LogP contribution >= 0.6 is 11.3 Å². The van der Waals surface area contributed by atoms with E-state index in [4.69, 9.17) is 5.73 Å². The molecule has 0 saturated carbocycles. The number of aromatic nitrogens is 1. The van der Waals surface area contributed by atoms with Gasteiger partial charge in [0, 0.05) is 23.9 Å². The fourth-order valence-electron chi connectivity index (χ4n) is 2.26. The molecule has 0 amide bonds. The summed E-state index contributed by atoms with van der Waals surface area (Å²) in [7, 11) is 0. The Balaban J connectivity index is 1.91. The van der Waals surface area contributed by atoms with Crippen molar-refractivity contribution in [2.24, 2.45) is 5.73 Å². The summed E-state index contributed by atoms with van der Waals surface area (Å²) in [6.45, 7) is 7.79. The van der Waals surface area contributed by atoms with E-state index >= 15 is 0 Å². The predicted molar refractivity (Wildman–Crippen MR) is 68.8 cm³/mol. The lowest BCUT2D eigenvalue weighted by Gasteiger charge is -2.12. The first-order chi connectivity index (χ1) is 7.66. The zero-order valence-electron chi connectivity index (χ0n) is 10.2. The van der Waals surface area contributed by atoms with Crippen molar-refractivity contribution in [1.29, 1.82) is 0 Å². The summed E-state index contributed by atoms with van der Waals surface area (Å²) in [5.41, 5.74) is 7.03. The van der Waals surface area contributed by atoms with Crippen LogP contribution in [0.1, 0.15) is 41.4 Å². The fraction of sp³-hybridized carbons (Fsp3) is 0.750. The molecule has 1 aromatic heterocycles. The summed E-state index contributed by atoms with van der Waals surface area (Å²) in [5.74, 6) is 0. The third-order valence-corrected chi connectivity index (χ3v) is 4.55. The van der Waals surface area contributed by atoms with Gasteiger partial charge in [0.1, 0.15) is 0 Å². The molecule has 0 radical (unpaired) electrons. The van der Waals surface area contributed by atoms with Gasteiger partial charge in [-0.2, -0.15) is 0 Å². The van der Waals surface area contributed by atoms with Gasteiger partial charge >= 0.3 is 0 Å². The molecule has 1 unspecified atom stereocenters. The minimum absolute atomic E-state index is 0.123. The van der Waals surface area contributed by atoms with Crippen molar-refractivity contribution in [2.75, 3.05) is 19.6 Å². The van der Waals surface area contributed by atoms with Crippen LogP contribution in [-0.4, -0.2) is 29.5 Å². The van der Waals surface area contributed by atoms with Crippen molar-refractivity contribution in [2.45, 2.75) is 39.2 Å². The Morgan fingerprint density at radius 2 is 2.12 bits per heavy atom. The second-order valence-electron chi connectivity index (χ2n) is 4.64. The van der Waals surface area contributed by atoms with Gasteiger partial charge < -0.3 is 10.6 Å². The van der Waals surface area contributed by atoms with E-state index in [9.17, 15) is 0 Å². The van der Waals surface area contributed by atoms with Crippen molar-refractivity contribution in [3.8, 4) is 0 Å². The minimum Gasteiger partial charge on any atom is -0.323 e. The van der Waals surface area contributed by atoms with Gasteiger partial charge in [0.15, 0.2) is 0 Å². The molecule has 2 rings (SSSR count). The predicted octanol–water partition coefficient (Wildman–Crippen LogP) is 2.11. The van der Waals surface area contributed by atoms with Gasteiger partial charge in [0.25, 0.3) is 0 Å². The van der Waals surface area contributed by atoms with Crippen LogP contribution in [-0.2, 0) is 6.42 Å². The molecule has 1 atom stereocenters. The molecular weight excluding hydrogens is 218 g/mol. The Hall–Kier alpha value is -0.450. The quantitative estimate of drug-likeness (QED) is 0.875.